The van der Waals surface area contributed by atoms with E-state index in [1.165, 1.54) is 36.3 Å². The van der Waals surface area contributed by atoms with E-state index < -0.39 is 5.82 Å². The van der Waals surface area contributed by atoms with Gasteiger partial charge in [-0.15, -0.1) is 0 Å². The highest BCUT2D eigenvalue weighted by molar-refractivity contribution is 7.80. The number of nitrogens with one attached hydrogen (secondary N) is 3. The summed E-state index contributed by atoms with van der Waals surface area (Å²) in [7, 11) is 0. The second kappa shape index (κ2) is 8.65. The first-order valence-corrected chi connectivity index (χ1v) is 9.30. The summed E-state index contributed by atoms with van der Waals surface area (Å²) in [5.74, 6) is 0.523. The monoisotopic (exact) mass is 382 g/mol. The Labute approximate surface area is 157 Å². The van der Waals surface area contributed by atoms with Crippen LogP contribution in [0.3, 0.4) is 0 Å². The summed E-state index contributed by atoms with van der Waals surface area (Å²) in [4.78, 5) is 1.52. The molecule has 0 bridgehead atoms. The van der Waals surface area contributed by atoms with Gasteiger partial charge in [-0.2, -0.15) is 0 Å². The SMILES string of the molecule is Fc1ccc(NC(=S)NC[C@@H](c2ccco2)[NH+]2CCCCC2)cc1Cl. The molecule has 134 valence electrons. The van der Waals surface area contributed by atoms with Gasteiger partial charge in [-0.1, -0.05) is 11.6 Å². The fourth-order valence-corrected chi connectivity index (χ4v) is 3.62. The van der Waals surface area contributed by atoms with Crippen LogP contribution in [-0.4, -0.2) is 24.7 Å². The zero-order valence-electron chi connectivity index (χ0n) is 13.9. The maximum absolute atomic E-state index is 13.2. The zero-order chi connectivity index (χ0) is 17.6. The van der Waals surface area contributed by atoms with Gasteiger partial charge >= 0.3 is 0 Å². The Morgan fingerprint density at radius 3 is 2.76 bits per heavy atom. The van der Waals surface area contributed by atoms with Crippen molar-refractivity contribution >= 4 is 34.6 Å². The molecule has 3 rings (SSSR count). The Hall–Kier alpha value is -1.63. The first-order chi connectivity index (χ1) is 12.1. The highest BCUT2D eigenvalue weighted by atomic mass is 35.5. The molecule has 25 heavy (non-hydrogen) atoms. The third-order valence-electron chi connectivity index (χ3n) is 4.52. The number of rotatable bonds is 5. The third-order valence-corrected chi connectivity index (χ3v) is 5.06. The van der Waals surface area contributed by atoms with Crippen LogP contribution in [0.15, 0.2) is 41.0 Å². The molecule has 4 nitrogen and oxygen atoms in total. The van der Waals surface area contributed by atoms with Gasteiger partial charge in [0.05, 0.1) is 30.9 Å². The fourth-order valence-electron chi connectivity index (χ4n) is 3.23. The number of furan rings is 1. The summed E-state index contributed by atoms with van der Waals surface area (Å²) < 4.78 is 18.9. The van der Waals surface area contributed by atoms with Gasteiger partial charge in [-0.05, 0) is 61.8 Å². The standard InChI is InChI=1S/C18H21ClFN3OS/c19-14-11-13(6-7-15(14)20)22-18(25)21-12-16(17-5-4-10-24-17)23-8-2-1-3-9-23/h4-7,10-11,16H,1-3,8-9,12H2,(H2,21,22,25)/p+1/t16-/m0/s1. The van der Waals surface area contributed by atoms with E-state index in [9.17, 15) is 4.39 Å². The molecule has 1 fully saturated rings. The molecular weight excluding hydrogens is 361 g/mol. The topological polar surface area (TPSA) is 41.6 Å². The van der Waals surface area contributed by atoms with Gasteiger partial charge in [-0.25, -0.2) is 4.39 Å². The number of quaternary nitrogens is 1. The average Bonchev–Trinajstić information content (AvgIpc) is 3.14. The first-order valence-electron chi connectivity index (χ1n) is 8.51. The lowest BCUT2D eigenvalue weighted by Crippen LogP contribution is -3.13. The van der Waals surface area contributed by atoms with Crippen LogP contribution in [0.2, 0.25) is 5.02 Å². The number of benzene rings is 1. The quantitative estimate of drug-likeness (QED) is 0.695. The van der Waals surface area contributed by atoms with E-state index >= 15 is 0 Å². The summed E-state index contributed by atoms with van der Waals surface area (Å²) in [6, 6.07) is 8.59. The number of thiocarbonyl (C=S) groups is 1. The number of halogens is 2. The summed E-state index contributed by atoms with van der Waals surface area (Å²) in [6.07, 6.45) is 5.49. The van der Waals surface area contributed by atoms with Crippen LogP contribution in [0.25, 0.3) is 0 Å². The maximum atomic E-state index is 13.2. The van der Waals surface area contributed by atoms with Crippen molar-refractivity contribution in [2.45, 2.75) is 25.3 Å². The van der Waals surface area contributed by atoms with Crippen molar-refractivity contribution in [3.05, 3.63) is 53.2 Å². The van der Waals surface area contributed by atoms with Gasteiger partial charge < -0.3 is 20.0 Å². The Kier molecular flexibility index (Phi) is 6.29. The normalized spacial score (nSPS) is 16.4. The molecule has 1 aromatic carbocycles. The van der Waals surface area contributed by atoms with E-state index in [0.29, 0.717) is 17.3 Å². The zero-order valence-corrected chi connectivity index (χ0v) is 15.4. The largest absolute Gasteiger partial charge is 0.463 e. The molecular formula is C18H22ClFN3OS+. The molecule has 0 spiro atoms. The van der Waals surface area contributed by atoms with Gasteiger partial charge in [0.25, 0.3) is 0 Å². The second-order valence-corrected chi connectivity index (χ2v) is 7.07. The van der Waals surface area contributed by atoms with Gasteiger partial charge in [0.1, 0.15) is 5.82 Å². The molecule has 2 aromatic rings. The third kappa shape index (κ3) is 4.93. The lowest BCUT2D eigenvalue weighted by molar-refractivity contribution is -0.936. The van der Waals surface area contributed by atoms with Crippen LogP contribution in [0, 0.1) is 5.82 Å². The van der Waals surface area contributed by atoms with E-state index in [1.54, 1.807) is 12.3 Å². The molecule has 7 heteroatoms. The molecule has 0 unspecified atom stereocenters. The van der Waals surface area contributed by atoms with E-state index in [-0.39, 0.29) is 11.1 Å². The molecule has 1 saturated heterocycles. The first kappa shape index (κ1) is 18.2. The van der Waals surface area contributed by atoms with Crippen LogP contribution in [-0.2, 0) is 0 Å². The predicted molar refractivity (Wildman–Crippen MR) is 102 cm³/mol. The van der Waals surface area contributed by atoms with Crippen LogP contribution in [0.1, 0.15) is 31.1 Å². The Balaban J connectivity index is 1.60. The predicted octanol–water partition coefficient (Wildman–Crippen LogP) is 3.17. The van der Waals surface area contributed by atoms with Crippen LogP contribution in [0.4, 0.5) is 10.1 Å². The highest BCUT2D eigenvalue weighted by Gasteiger charge is 2.28. The Morgan fingerprint density at radius 1 is 1.28 bits per heavy atom. The number of anilines is 1. The van der Waals surface area contributed by atoms with Crippen molar-refractivity contribution in [3.63, 3.8) is 0 Å². The van der Waals surface area contributed by atoms with Crippen molar-refractivity contribution in [2.75, 3.05) is 25.0 Å². The summed E-state index contributed by atoms with van der Waals surface area (Å²) >= 11 is 11.2. The summed E-state index contributed by atoms with van der Waals surface area (Å²) in [6.45, 7) is 2.95. The second-order valence-electron chi connectivity index (χ2n) is 6.25. The summed E-state index contributed by atoms with van der Waals surface area (Å²) in [5.41, 5.74) is 0.656. The molecule has 1 aliphatic heterocycles. The number of piperidine rings is 1. The van der Waals surface area contributed by atoms with Crippen molar-refractivity contribution in [2.24, 2.45) is 0 Å². The minimum Gasteiger partial charge on any atom is -0.463 e. The maximum Gasteiger partial charge on any atom is 0.171 e. The molecule has 0 amide bonds. The molecule has 1 aromatic heterocycles. The minimum absolute atomic E-state index is 0.0685. The van der Waals surface area contributed by atoms with Crippen molar-refractivity contribution in [1.29, 1.82) is 0 Å². The number of likely N-dealkylation sites (tertiary alicyclic amines) is 1. The van der Waals surface area contributed by atoms with Crippen LogP contribution in [0.5, 0.6) is 0 Å². The van der Waals surface area contributed by atoms with E-state index in [1.807, 2.05) is 12.1 Å². The average molecular weight is 383 g/mol. The van der Waals surface area contributed by atoms with Crippen LogP contribution < -0.4 is 15.5 Å². The molecule has 2 heterocycles. The van der Waals surface area contributed by atoms with Crippen molar-refractivity contribution < 1.29 is 13.7 Å². The lowest BCUT2D eigenvalue weighted by atomic mass is 10.1. The van der Waals surface area contributed by atoms with Crippen LogP contribution >= 0.6 is 23.8 Å². The van der Waals surface area contributed by atoms with Crippen molar-refractivity contribution in [3.8, 4) is 0 Å². The molecule has 3 N–H and O–H groups in total. The highest BCUT2D eigenvalue weighted by Crippen LogP contribution is 2.19. The van der Waals surface area contributed by atoms with Gasteiger partial charge in [-0.3, -0.25) is 0 Å². The lowest BCUT2D eigenvalue weighted by Gasteiger charge is -2.30. The van der Waals surface area contributed by atoms with Gasteiger partial charge in [0.2, 0.25) is 0 Å². The number of hydrogen-bond donors (Lipinski definition) is 3. The van der Waals surface area contributed by atoms with Crippen molar-refractivity contribution in [1.82, 2.24) is 5.32 Å². The van der Waals surface area contributed by atoms with Gasteiger partial charge in [0.15, 0.2) is 16.9 Å². The van der Waals surface area contributed by atoms with Gasteiger partial charge in [0, 0.05) is 5.69 Å². The molecule has 1 atom stereocenters. The van der Waals surface area contributed by atoms with E-state index in [4.69, 9.17) is 28.2 Å². The number of hydrogen-bond acceptors (Lipinski definition) is 2. The molecule has 0 aliphatic carbocycles. The molecule has 0 radical (unpaired) electrons. The fraction of sp³-hybridized carbons (Fsp3) is 0.389. The minimum atomic E-state index is -0.447. The smallest absolute Gasteiger partial charge is 0.171 e. The Bertz CT molecular complexity index is 704. The Morgan fingerprint density at radius 2 is 2.08 bits per heavy atom. The summed E-state index contributed by atoms with van der Waals surface area (Å²) in [5, 5.41) is 6.85. The van der Waals surface area contributed by atoms with E-state index in [0.717, 1.165) is 18.8 Å². The molecule has 0 saturated carbocycles. The van der Waals surface area contributed by atoms with E-state index in [2.05, 4.69) is 10.6 Å². The molecule has 1 aliphatic rings.